The summed E-state index contributed by atoms with van der Waals surface area (Å²) < 4.78 is 5.57. The summed E-state index contributed by atoms with van der Waals surface area (Å²) in [4.78, 5) is 4.14. The van der Waals surface area contributed by atoms with Crippen molar-refractivity contribution in [2.75, 3.05) is 5.88 Å². The van der Waals surface area contributed by atoms with Crippen molar-refractivity contribution in [2.24, 2.45) is 0 Å². The lowest BCUT2D eigenvalue weighted by molar-refractivity contribution is 0.515. The molecule has 0 spiro atoms. The number of nitrogens with zero attached hydrogens (tertiary/aromatic N) is 1. The molecule has 2 rings (SSSR count). The summed E-state index contributed by atoms with van der Waals surface area (Å²) in [7, 11) is 0. The van der Waals surface area contributed by atoms with E-state index in [1.807, 2.05) is 25.1 Å². The van der Waals surface area contributed by atoms with Gasteiger partial charge in [-0.3, -0.25) is 0 Å². The molecule has 0 aliphatic carbocycles. The first-order valence-electron chi connectivity index (χ1n) is 4.98. The number of alkyl halides is 1. The van der Waals surface area contributed by atoms with Gasteiger partial charge in [0.05, 0.1) is 11.2 Å². The molecule has 0 amide bonds. The molecule has 0 fully saturated rings. The van der Waals surface area contributed by atoms with Crippen molar-refractivity contribution in [1.29, 1.82) is 0 Å². The molecule has 4 heteroatoms. The molecule has 0 radical (unpaired) electrons. The zero-order valence-corrected chi connectivity index (χ0v) is 10.3. The molecular weight excluding hydrogens is 245 g/mol. The first-order valence-corrected chi connectivity index (χ1v) is 5.90. The summed E-state index contributed by atoms with van der Waals surface area (Å²) in [5.74, 6) is 1.83. The van der Waals surface area contributed by atoms with Crippen LogP contribution in [-0.4, -0.2) is 10.9 Å². The number of aromatic nitrogens is 1. The molecule has 1 aromatic carbocycles. The van der Waals surface area contributed by atoms with Crippen LogP contribution in [0.5, 0.6) is 0 Å². The van der Waals surface area contributed by atoms with E-state index in [0.29, 0.717) is 29.0 Å². The molecule has 0 saturated heterocycles. The van der Waals surface area contributed by atoms with Crippen LogP contribution in [-0.2, 0) is 6.42 Å². The standard InChI is InChI=1S/C12H11Cl2NO/c1-8-3-2-4-9(12(8)14)10-7-15-11(16-10)5-6-13/h2-4,7H,5-6H2,1H3. The van der Waals surface area contributed by atoms with Crippen LogP contribution < -0.4 is 0 Å². The summed E-state index contributed by atoms with van der Waals surface area (Å²) in [6.07, 6.45) is 2.31. The van der Waals surface area contributed by atoms with Crippen LogP contribution in [0.15, 0.2) is 28.8 Å². The summed E-state index contributed by atoms with van der Waals surface area (Å²) >= 11 is 11.8. The number of halogens is 2. The van der Waals surface area contributed by atoms with E-state index < -0.39 is 0 Å². The Balaban J connectivity index is 2.39. The van der Waals surface area contributed by atoms with Gasteiger partial charge in [-0.15, -0.1) is 11.6 Å². The molecular formula is C12H11Cl2NO. The normalized spacial score (nSPS) is 10.7. The van der Waals surface area contributed by atoms with Crippen molar-refractivity contribution in [1.82, 2.24) is 4.98 Å². The third-order valence-electron chi connectivity index (χ3n) is 2.32. The average Bonchev–Trinajstić information content (AvgIpc) is 2.71. The van der Waals surface area contributed by atoms with Gasteiger partial charge in [0, 0.05) is 17.9 Å². The van der Waals surface area contributed by atoms with Crippen LogP contribution in [0, 0.1) is 6.92 Å². The third kappa shape index (κ3) is 2.23. The van der Waals surface area contributed by atoms with E-state index in [4.69, 9.17) is 27.6 Å². The van der Waals surface area contributed by atoms with E-state index in [1.54, 1.807) is 6.20 Å². The van der Waals surface area contributed by atoms with Gasteiger partial charge in [-0.25, -0.2) is 4.98 Å². The predicted molar refractivity (Wildman–Crippen MR) is 66.1 cm³/mol. The fourth-order valence-corrected chi connectivity index (χ4v) is 1.85. The Bertz CT molecular complexity index is 494. The number of hydrogen-bond acceptors (Lipinski definition) is 2. The van der Waals surface area contributed by atoms with Crippen molar-refractivity contribution in [3.8, 4) is 11.3 Å². The van der Waals surface area contributed by atoms with Gasteiger partial charge in [0.2, 0.25) is 0 Å². The molecule has 1 aromatic heterocycles. The SMILES string of the molecule is Cc1cccc(-c2cnc(CCCl)o2)c1Cl. The zero-order valence-electron chi connectivity index (χ0n) is 8.84. The van der Waals surface area contributed by atoms with Crippen LogP contribution in [0.2, 0.25) is 5.02 Å². The van der Waals surface area contributed by atoms with Gasteiger partial charge >= 0.3 is 0 Å². The summed E-state index contributed by atoms with van der Waals surface area (Å²) in [6.45, 7) is 1.96. The molecule has 84 valence electrons. The van der Waals surface area contributed by atoms with Crippen molar-refractivity contribution < 1.29 is 4.42 Å². The monoisotopic (exact) mass is 255 g/mol. The Hall–Kier alpha value is -0.990. The Morgan fingerprint density at radius 2 is 2.19 bits per heavy atom. The van der Waals surface area contributed by atoms with Crippen LogP contribution >= 0.6 is 23.2 Å². The van der Waals surface area contributed by atoms with Crippen molar-refractivity contribution >= 4 is 23.2 Å². The Labute approximate surface area is 104 Å². The second-order valence-electron chi connectivity index (χ2n) is 3.49. The number of benzene rings is 1. The highest BCUT2D eigenvalue weighted by molar-refractivity contribution is 6.33. The van der Waals surface area contributed by atoms with Gasteiger partial charge in [0.1, 0.15) is 0 Å². The van der Waals surface area contributed by atoms with E-state index in [-0.39, 0.29) is 0 Å². The van der Waals surface area contributed by atoms with E-state index in [2.05, 4.69) is 4.98 Å². The van der Waals surface area contributed by atoms with Gasteiger partial charge in [-0.1, -0.05) is 23.7 Å². The predicted octanol–water partition coefficient (Wildman–Crippen LogP) is 4.08. The molecule has 0 saturated carbocycles. The first-order chi connectivity index (χ1) is 7.72. The lowest BCUT2D eigenvalue weighted by Gasteiger charge is -2.02. The fourth-order valence-electron chi connectivity index (χ4n) is 1.47. The van der Waals surface area contributed by atoms with Crippen LogP contribution in [0.3, 0.4) is 0 Å². The van der Waals surface area contributed by atoms with Crippen LogP contribution in [0.1, 0.15) is 11.5 Å². The van der Waals surface area contributed by atoms with E-state index >= 15 is 0 Å². The van der Waals surface area contributed by atoms with Gasteiger partial charge in [0.15, 0.2) is 11.7 Å². The molecule has 0 aliphatic heterocycles. The molecule has 2 aromatic rings. The van der Waals surface area contributed by atoms with Crippen molar-refractivity contribution in [3.05, 3.63) is 40.9 Å². The minimum absolute atomic E-state index is 0.501. The highest BCUT2D eigenvalue weighted by Gasteiger charge is 2.10. The number of rotatable bonds is 3. The Kier molecular flexibility index (Phi) is 3.52. The Morgan fingerprint density at radius 3 is 2.94 bits per heavy atom. The molecule has 0 N–H and O–H groups in total. The molecule has 0 unspecified atom stereocenters. The highest BCUT2D eigenvalue weighted by atomic mass is 35.5. The minimum atomic E-state index is 0.501. The van der Waals surface area contributed by atoms with Gasteiger partial charge in [-0.2, -0.15) is 0 Å². The summed E-state index contributed by atoms with van der Waals surface area (Å²) in [6, 6.07) is 5.82. The Morgan fingerprint density at radius 1 is 1.38 bits per heavy atom. The lowest BCUT2D eigenvalue weighted by Crippen LogP contribution is -1.83. The average molecular weight is 256 g/mol. The second-order valence-corrected chi connectivity index (χ2v) is 4.25. The summed E-state index contributed by atoms with van der Waals surface area (Å²) in [5, 5.41) is 0.705. The maximum atomic E-state index is 6.20. The quantitative estimate of drug-likeness (QED) is 0.773. The first kappa shape index (κ1) is 11.5. The third-order valence-corrected chi connectivity index (χ3v) is 3.01. The maximum absolute atomic E-state index is 6.20. The molecule has 0 aliphatic rings. The van der Waals surface area contributed by atoms with E-state index in [1.165, 1.54) is 0 Å². The second kappa shape index (κ2) is 4.89. The fraction of sp³-hybridized carbons (Fsp3) is 0.250. The van der Waals surface area contributed by atoms with Gasteiger partial charge in [0.25, 0.3) is 0 Å². The number of oxazole rings is 1. The molecule has 16 heavy (non-hydrogen) atoms. The number of hydrogen-bond donors (Lipinski definition) is 0. The molecule has 0 atom stereocenters. The molecule has 2 nitrogen and oxygen atoms in total. The van der Waals surface area contributed by atoms with Crippen LogP contribution in [0.4, 0.5) is 0 Å². The minimum Gasteiger partial charge on any atom is -0.441 e. The maximum Gasteiger partial charge on any atom is 0.196 e. The largest absolute Gasteiger partial charge is 0.441 e. The lowest BCUT2D eigenvalue weighted by atomic mass is 10.1. The smallest absolute Gasteiger partial charge is 0.196 e. The zero-order chi connectivity index (χ0) is 11.5. The van der Waals surface area contributed by atoms with Gasteiger partial charge < -0.3 is 4.42 Å². The summed E-state index contributed by atoms with van der Waals surface area (Å²) in [5.41, 5.74) is 1.89. The molecule has 1 heterocycles. The van der Waals surface area contributed by atoms with Crippen molar-refractivity contribution in [3.63, 3.8) is 0 Å². The highest BCUT2D eigenvalue weighted by Crippen LogP contribution is 2.30. The number of aryl methyl sites for hydroxylation is 2. The van der Waals surface area contributed by atoms with E-state index in [9.17, 15) is 0 Å². The van der Waals surface area contributed by atoms with Crippen molar-refractivity contribution in [2.45, 2.75) is 13.3 Å². The van der Waals surface area contributed by atoms with Crippen LogP contribution in [0.25, 0.3) is 11.3 Å². The topological polar surface area (TPSA) is 26.0 Å². The molecule has 0 bridgehead atoms. The van der Waals surface area contributed by atoms with Gasteiger partial charge in [-0.05, 0) is 18.6 Å². The van der Waals surface area contributed by atoms with E-state index in [0.717, 1.165) is 11.1 Å².